The van der Waals surface area contributed by atoms with E-state index in [4.69, 9.17) is 10.5 Å². The summed E-state index contributed by atoms with van der Waals surface area (Å²) >= 11 is 0. The Balaban J connectivity index is 2.41. The SMILES string of the molecule is COc1nccnc1C(N)c1cncn1C. The van der Waals surface area contributed by atoms with E-state index in [1.54, 1.807) is 32.0 Å². The van der Waals surface area contributed by atoms with Gasteiger partial charge in [0.25, 0.3) is 0 Å². The molecule has 6 heteroatoms. The van der Waals surface area contributed by atoms with Crippen molar-refractivity contribution in [1.82, 2.24) is 19.5 Å². The van der Waals surface area contributed by atoms with Gasteiger partial charge < -0.3 is 15.0 Å². The molecular formula is C10H13N5O. The van der Waals surface area contributed by atoms with Crippen molar-refractivity contribution in [2.45, 2.75) is 6.04 Å². The summed E-state index contributed by atoms with van der Waals surface area (Å²) in [6.45, 7) is 0. The number of methoxy groups -OCH3 is 1. The summed E-state index contributed by atoms with van der Waals surface area (Å²) in [5, 5.41) is 0. The van der Waals surface area contributed by atoms with Crippen LogP contribution < -0.4 is 10.5 Å². The van der Waals surface area contributed by atoms with Crippen LogP contribution in [-0.4, -0.2) is 26.6 Å². The molecule has 0 aliphatic heterocycles. The third-order valence-corrected chi connectivity index (χ3v) is 2.35. The van der Waals surface area contributed by atoms with Crippen molar-refractivity contribution in [3.05, 3.63) is 36.3 Å². The largest absolute Gasteiger partial charge is 0.480 e. The highest BCUT2D eigenvalue weighted by atomic mass is 16.5. The Hall–Kier alpha value is -1.95. The second-order valence-electron chi connectivity index (χ2n) is 3.36. The minimum absolute atomic E-state index is 0.392. The third-order valence-electron chi connectivity index (χ3n) is 2.35. The van der Waals surface area contributed by atoms with Gasteiger partial charge in [0, 0.05) is 19.4 Å². The lowest BCUT2D eigenvalue weighted by atomic mass is 10.1. The van der Waals surface area contributed by atoms with E-state index in [1.165, 1.54) is 0 Å². The molecule has 2 heterocycles. The lowest BCUT2D eigenvalue weighted by Crippen LogP contribution is -2.18. The summed E-state index contributed by atoms with van der Waals surface area (Å²) in [5.41, 5.74) is 7.56. The average Bonchev–Trinajstić information content (AvgIpc) is 2.74. The Morgan fingerprint density at radius 2 is 2.12 bits per heavy atom. The fourth-order valence-corrected chi connectivity index (χ4v) is 1.51. The zero-order chi connectivity index (χ0) is 11.5. The quantitative estimate of drug-likeness (QED) is 0.801. The van der Waals surface area contributed by atoms with Crippen molar-refractivity contribution in [3.8, 4) is 5.88 Å². The molecule has 1 atom stereocenters. The topological polar surface area (TPSA) is 78.8 Å². The van der Waals surface area contributed by atoms with Gasteiger partial charge in [-0.25, -0.2) is 9.97 Å². The van der Waals surface area contributed by atoms with Crippen molar-refractivity contribution in [1.29, 1.82) is 0 Å². The van der Waals surface area contributed by atoms with Gasteiger partial charge in [-0.15, -0.1) is 0 Å². The zero-order valence-corrected chi connectivity index (χ0v) is 9.16. The maximum absolute atomic E-state index is 6.09. The lowest BCUT2D eigenvalue weighted by molar-refractivity contribution is 0.386. The molecule has 0 bridgehead atoms. The fraction of sp³-hybridized carbons (Fsp3) is 0.300. The molecule has 2 rings (SSSR count). The number of nitrogens with zero attached hydrogens (tertiary/aromatic N) is 4. The molecule has 0 saturated heterocycles. The van der Waals surface area contributed by atoms with Crippen molar-refractivity contribution in [2.24, 2.45) is 12.8 Å². The van der Waals surface area contributed by atoms with E-state index in [0.717, 1.165) is 5.69 Å². The molecule has 6 nitrogen and oxygen atoms in total. The van der Waals surface area contributed by atoms with Crippen LogP contribution in [0.25, 0.3) is 0 Å². The Kier molecular flexibility index (Phi) is 2.82. The predicted octanol–water partition coefficient (Wildman–Crippen LogP) is 0.267. The van der Waals surface area contributed by atoms with Gasteiger partial charge in [-0.3, -0.25) is 4.98 Å². The maximum Gasteiger partial charge on any atom is 0.237 e. The van der Waals surface area contributed by atoms with E-state index in [0.29, 0.717) is 11.6 Å². The Morgan fingerprint density at radius 1 is 1.38 bits per heavy atom. The van der Waals surface area contributed by atoms with E-state index in [9.17, 15) is 0 Å². The van der Waals surface area contributed by atoms with Crippen LogP contribution in [0.5, 0.6) is 5.88 Å². The summed E-state index contributed by atoms with van der Waals surface area (Å²) in [5.74, 6) is 0.441. The fourth-order valence-electron chi connectivity index (χ4n) is 1.51. The van der Waals surface area contributed by atoms with Gasteiger partial charge in [0.05, 0.1) is 31.4 Å². The van der Waals surface area contributed by atoms with Crippen LogP contribution >= 0.6 is 0 Å². The molecule has 2 N–H and O–H groups in total. The number of nitrogens with two attached hydrogens (primary N) is 1. The first-order chi connectivity index (χ1) is 7.74. The summed E-state index contributed by atoms with van der Waals surface area (Å²) < 4.78 is 6.97. The van der Waals surface area contributed by atoms with Gasteiger partial charge >= 0.3 is 0 Å². The van der Waals surface area contributed by atoms with Gasteiger partial charge in [-0.05, 0) is 0 Å². The molecule has 0 amide bonds. The highest BCUT2D eigenvalue weighted by molar-refractivity contribution is 5.27. The van der Waals surface area contributed by atoms with Gasteiger partial charge in [-0.1, -0.05) is 0 Å². The van der Waals surface area contributed by atoms with Crippen LogP contribution in [0.3, 0.4) is 0 Å². The molecule has 2 aromatic rings. The molecule has 0 aliphatic rings. The molecule has 0 aromatic carbocycles. The van der Waals surface area contributed by atoms with Gasteiger partial charge in [0.15, 0.2) is 0 Å². The van der Waals surface area contributed by atoms with Crippen LogP contribution in [0.2, 0.25) is 0 Å². The number of ether oxygens (including phenoxy) is 1. The van der Waals surface area contributed by atoms with Crippen LogP contribution in [0.15, 0.2) is 24.9 Å². The van der Waals surface area contributed by atoms with Crippen LogP contribution in [0, 0.1) is 0 Å². The summed E-state index contributed by atoms with van der Waals surface area (Å²) in [4.78, 5) is 12.3. The van der Waals surface area contributed by atoms with Crippen LogP contribution in [-0.2, 0) is 7.05 Å². The summed E-state index contributed by atoms with van der Waals surface area (Å²) in [6, 6.07) is -0.392. The summed E-state index contributed by atoms with van der Waals surface area (Å²) in [6.07, 6.45) is 6.56. The number of rotatable bonds is 3. The Morgan fingerprint density at radius 3 is 2.75 bits per heavy atom. The Bertz CT molecular complexity index is 482. The molecule has 1 unspecified atom stereocenters. The highest BCUT2D eigenvalue weighted by Gasteiger charge is 2.18. The molecule has 0 saturated carbocycles. The average molecular weight is 219 g/mol. The lowest BCUT2D eigenvalue weighted by Gasteiger charge is -2.13. The maximum atomic E-state index is 6.09. The van der Waals surface area contributed by atoms with Crippen LogP contribution in [0.4, 0.5) is 0 Å². The molecule has 0 aliphatic carbocycles. The third kappa shape index (κ3) is 1.74. The normalized spacial score (nSPS) is 12.4. The minimum atomic E-state index is -0.392. The van der Waals surface area contributed by atoms with E-state index in [2.05, 4.69) is 15.0 Å². The molecule has 0 spiro atoms. The van der Waals surface area contributed by atoms with Gasteiger partial charge in [0.2, 0.25) is 5.88 Å². The second-order valence-corrected chi connectivity index (χ2v) is 3.36. The van der Waals surface area contributed by atoms with Crippen molar-refractivity contribution in [3.63, 3.8) is 0 Å². The first-order valence-electron chi connectivity index (χ1n) is 4.80. The van der Waals surface area contributed by atoms with Crippen molar-refractivity contribution in [2.75, 3.05) is 7.11 Å². The molecule has 2 aromatic heterocycles. The monoisotopic (exact) mass is 219 g/mol. The highest BCUT2D eigenvalue weighted by Crippen LogP contribution is 2.23. The number of hydrogen-bond donors (Lipinski definition) is 1. The van der Waals surface area contributed by atoms with Gasteiger partial charge in [-0.2, -0.15) is 0 Å². The first kappa shape index (κ1) is 10.6. The summed E-state index contributed by atoms with van der Waals surface area (Å²) in [7, 11) is 3.43. The standard InChI is InChI=1S/C10H13N5O/c1-15-6-12-5-7(15)8(11)9-10(16-2)14-4-3-13-9/h3-6,8H,11H2,1-2H3. The predicted molar refractivity (Wildman–Crippen MR) is 57.8 cm³/mol. The van der Waals surface area contributed by atoms with Crippen LogP contribution in [0.1, 0.15) is 17.4 Å². The molecule has 16 heavy (non-hydrogen) atoms. The van der Waals surface area contributed by atoms with E-state index >= 15 is 0 Å². The van der Waals surface area contributed by atoms with Crippen molar-refractivity contribution >= 4 is 0 Å². The molecule has 0 fully saturated rings. The van der Waals surface area contributed by atoms with E-state index in [1.807, 2.05) is 11.6 Å². The van der Waals surface area contributed by atoms with E-state index in [-0.39, 0.29) is 0 Å². The smallest absolute Gasteiger partial charge is 0.237 e. The molecule has 0 radical (unpaired) electrons. The first-order valence-corrected chi connectivity index (χ1v) is 4.80. The number of aromatic nitrogens is 4. The van der Waals surface area contributed by atoms with Crippen molar-refractivity contribution < 1.29 is 4.74 Å². The number of aryl methyl sites for hydroxylation is 1. The molecular weight excluding hydrogens is 206 g/mol. The van der Waals surface area contributed by atoms with E-state index < -0.39 is 6.04 Å². The Labute approximate surface area is 93.1 Å². The zero-order valence-electron chi connectivity index (χ0n) is 9.16. The number of hydrogen-bond acceptors (Lipinski definition) is 5. The minimum Gasteiger partial charge on any atom is -0.480 e. The molecule has 84 valence electrons. The second kappa shape index (κ2) is 4.28. The number of imidazole rings is 1. The van der Waals surface area contributed by atoms with Gasteiger partial charge in [0.1, 0.15) is 5.69 Å².